The quantitative estimate of drug-likeness (QED) is 0.563. The summed E-state index contributed by atoms with van der Waals surface area (Å²) in [6.07, 6.45) is 7.88. The maximum absolute atomic E-state index is 13.2. The van der Waals surface area contributed by atoms with E-state index in [0.29, 0.717) is 6.04 Å². The number of amides is 1. The van der Waals surface area contributed by atoms with Gasteiger partial charge in [-0.25, -0.2) is 0 Å². The van der Waals surface area contributed by atoms with E-state index in [-0.39, 0.29) is 17.9 Å². The number of carbonyl (C=O) groups excluding carboxylic acids is 1. The summed E-state index contributed by atoms with van der Waals surface area (Å²) in [4.78, 5) is 15.3. The number of carbonyl (C=O) groups is 1. The van der Waals surface area contributed by atoms with Crippen molar-refractivity contribution in [3.63, 3.8) is 0 Å². The topological polar surface area (TPSA) is 59.4 Å². The van der Waals surface area contributed by atoms with Crippen LogP contribution in [0.5, 0.6) is 11.5 Å². The number of aromatic nitrogens is 2. The second-order valence-corrected chi connectivity index (χ2v) is 9.87. The lowest BCUT2D eigenvalue weighted by atomic mass is 9.92. The number of benzene rings is 2. The molecule has 2 aliphatic heterocycles. The van der Waals surface area contributed by atoms with Crippen LogP contribution < -0.4 is 15.0 Å². The molecule has 3 aliphatic rings. The zero-order valence-electron chi connectivity index (χ0n) is 19.7. The fourth-order valence-electron chi connectivity index (χ4n) is 5.46. The summed E-state index contributed by atoms with van der Waals surface area (Å²) < 4.78 is 8.80. The molecule has 1 aliphatic carbocycles. The number of para-hydroxylation sites is 1. The fourth-order valence-corrected chi connectivity index (χ4v) is 5.46. The molecular formula is C28H32N4O2. The molecule has 1 aromatic heterocycles. The molecular weight excluding hydrogens is 424 g/mol. The number of piperidine rings is 1. The second-order valence-electron chi connectivity index (χ2n) is 9.87. The zero-order chi connectivity index (χ0) is 23.1. The number of rotatable bonds is 5. The van der Waals surface area contributed by atoms with Crippen LogP contribution in [-0.4, -0.2) is 34.8 Å². The van der Waals surface area contributed by atoms with Gasteiger partial charge in [0.05, 0.1) is 17.4 Å². The molecule has 6 nitrogen and oxygen atoms in total. The first kappa shape index (κ1) is 21.4. The van der Waals surface area contributed by atoms with E-state index in [1.165, 1.54) is 0 Å². The minimum atomic E-state index is 0.188. The van der Waals surface area contributed by atoms with Crippen LogP contribution in [0.1, 0.15) is 50.6 Å². The average Bonchev–Trinajstić information content (AvgIpc) is 3.62. The van der Waals surface area contributed by atoms with Gasteiger partial charge >= 0.3 is 0 Å². The molecule has 3 aromatic rings. The van der Waals surface area contributed by atoms with Crippen molar-refractivity contribution in [3.8, 4) is 22.8 Å². The number of hydrogen-bond donors (Lipinski definition) is 1. The third kappa shape index (κ3) is 3.90. The van der Waals surface area contributed by atoms with Gasteiger partial charge in [0.1, 0.15) is 11.5 Å². The molecule has 2 aromatic carbocycles. The van der Waals surface area contributed by atoms with Gasteiger partial charge in [-0.15, -0.1) is 0 Å². The first-order valence-electron chi connectivity index (χ1n) is 12.7. The lowest BCUT2D eigenvalue weighted by Crippen LogP contribution is -2.43. The van der Waals surface area contributed by atoms with Crippen molar-refractivity contribution >= 4 is 11.6 Å². The normalized spacial score (nSPS) is 20.7. The zero-order valence-corrected chi connectivity index (χ0v) is 19.7. The standard InChI is InChI=1S/C28H32N4O2/c1-19-7-10-23-25(31(19)28(33)20-8-9-20)12-11-24(27(23)34-22-5-3-2-4-6-22)26-15-18-30-32(26)21-13-16-29-17-14-21/h2-6,11-12,15,18-21,29H,7-10,13-14,16-17H2,1H3/t19-/m0/s1. The molecule has 1 amide bonds. The van der Waals surface area contributed by atoms with Crippen LogP contribution >= 0.6 is 0 Å². The Morgan fingerprint density at radius 3 is 2.56 bits per heavy atom. The predicted octanol–water partition coefficient (Wildman–Crippen LogP) is 5.34. The Balaban J connectivity index is 1.48. The van der Waals surface area contributed by atoms with Gasteiger partial charge < -0.3 is 15.0 Å². The van der Waals surface area contributed by atoms with E-state index in [1.54, 1.807) is 0 Å². The molecule has 2 fully saturated rings. The van der Waals surface area contributed by atoms with Gasteiger partial charge in [0.2, 0.25) is 5.91 Å². The van der Waals surface area contributed by atoms with E-state index >= 15 is 0 Å². The molecule has 3 heterocycles. The number of ether oxygens (including phenoxy) is 1. The summed E-state index contributed by atoms with van der Waals surface area (Å²) >= 11 is 0. The largest absolute Gasteiger partial charge is 0.456 e. The van der Waals surface area contributed by atoms with Crippen molar-refractivity contribution < 1.29 is 9.53 Å². The van der Waals surface area contributed by atoms with Crippen molar-refractivity contribution in [3.05, 3.63) is 60.3 Å². The number of hydrogen-bond acceptors (Lipinski definition) is 4. The van der Waals surface area contributed by atoms with E-state index < -0.39 is 0 Å². The molecule has 1 saturated carbocycles. The molecule has 0 unspecified atom stereocenters. The highest BCUT2D eigenvalue weighted by Gasteiger charge is 2.39. The molecule has 34 heavy (non-hydrogen) atoms. The number of fused-ring (bicyclic) bond motifs is 1. The van der Waals surface area contributed by atoms with Crippen LogP contribution in [0.25, 0.3) is 11.3 Å². The Morgan fingerprint density at radius 2 is 1.79 bits per heavy atom. The molecule has 1 N–H and O–H groups in total. The summed E-state index contributed by atoms with van der Waals surface area (Å²) in [6.45, 7) is 4.19. The van der Waals surface area contributed by atoms with Crippen LogP contribution in [0, 0.1) is 5.92 Å². The Hall–Kier alpha value is -3.12. The van der Waals surface area contributed by atoms with Crippen molar-refractivity contribution in [1.29, 1.82) is 0 Å². The molecule has 1 saturated heterocycles. The van der Waals surface area contributed by atoms with Gasteiger partial charge in [0.15, 0.2) is 0 Å². The maximum atomic E-state index is 13.2. The summed E-state index contributed by atoms with van der Waals surface area (Å²) in [5.41, 5.74) is 4.27. The van der Waals surface area contributed by atoms with E-state index in [4.69, 9.17) is 9.84 Å². The smallest absolute Gasteiger partial charge is 0.230 e. The van der Waals surface area contributed by atoms with E-state index in [1.807, 2.05) is 41.4 Å². The highest BCUT2D eigenvalue weighted by Crippen LogP contribution is 2.46. The number of nitrogens with zero attached hydrogens (tertiary/aromatic N) is 3. The molecule has 0 radical (unpaired) electrons. The maximum Gasteiger partial charge on any atom is 0.230 e. The summed E-state index contributed by atoms with van der Waals surface area (Å²) in [6, 6.07) is 16.9. The van der Waals surface area contributed by atoms with Crippen LogP contribution in [0.4, 0.5) is 5.69 Å². The van der Waals surface area contributed by atoms with Crippen LogP contribution in [0.3, 0.4) is 0 Å². The van der Waals surface area contributed by atoms with Gasteiger partial charge in [-0.1, -0.05) is 18.2 Å². The lowest BCUT2D eigenvalue weighted by molar-refractivity contribution is -0.120. The third-order valence-corrected chi connectivity index (χ3v) is 7.48. The molecule has 1 atom stereocenters. The lowest BCUT2D eigenvalue weighted by Gasteiger charge is -2.37. The van der Waals surface area contributed by atoms with E-state index in [0.717, 1.165) is 85.6 Å². The number of nitrogens with one attached hydrogen (secondary N) is 1. The Kier molecular flexibility index (Phi) is 5.61. The molecule has 6 rings (SSSR count). The van der Waals surface area contributed by atoms with E-state index in [2.05, 4.69) is 35.1 Å². The van der Waals surface area contributed by atoms with Gasteiger partial charge in [0.25, 0.3) is 0 Å². The highest BCUT2D eigenvalue weighted by atomic mass is 16.5. The fraction of sp³-hybridized carbons (Fsp3) is 0.429. The SMILES string of the molecule is C[C@H]1CCc2c(ccc(-c3ccnn3C3CCNCC3)c2Oc2ccccc2)N1C(=O)C1CC1. The van der Waals surface area contributed by atoms with Crippen LogP contribution in [0.15, 0.2) is 54.7 Å². The minimum Gasteiger partial charge on any atom is -0.456 e. The average molecular weight is 457 g/mol. The van der Waals surface area contributed by atoms with Crippen molar-refractivity contribution in [2.45, 2.75) is 57.5 Å². The summed E-state index contributed by atoms with van der Waals surface area (Å²) in [5, 5.41) is 8.18. The van der Waals surface area contributed by atoms with Gasteiger partial charge in [-0.05, 0) is 88.9 Å². The molecule has 0 spiro atoms. The first-order valence-corrected chi connectivity index (χ1v) is 12.7. The van der Waals surface area contributed by atoms with Crippen molar-refractivity contribution in [1.82, 2.24) is 15.1 Å². The third-order valence-electron chi connectivity index (χ3n) is 7.48. The van der Waals surface area contributed by atoms with Crippen molar-refractivity contribution in [2.24, 2.45) is 5.92 Å². The Bertz CT molecular complexity index is 1180. The van der Waals surface area contributed by atoms with Crippen LogP contribution in [-0.2, 0) is 11.2 Å². The van der Waals surface area contributed by atoms with Crippen LogP contribution in [0.2, 0.25) is 0 Å². The molecule has 6 heteroatoms. The summed E-state index contributed by atoms with van der Waals surface area (Å²) in [5.74, 6) is 2.13. The predicted molar refractivity (Wildman–Crippen MR) is 133 cm³/mol. The van der Waals surface area contributed by atoms with Gasteiger partial charge in [-0.2, -0.15) is 5.10 Å². The van der Waals surface area contributed by atoms with E-state index in [9.17, 15) is 4.79 Å². The second kappa shape index (κ2) is 8.91. The molecule has 0 bridgehead atoms. The highest BCUT2D eigenvalue weighted by molar-refractivity contribution is 5.99. The summed E-state index contributed by atoms with van der Waals surface area (Å²) in [7, 11) is 0. The van der Waals surface area contributed by atoms with Gasteiger partial charge in [0, 0.05) is 29.3 Å². The Labute approximate surface area is 200 Å². The molecule has 176 valence electrons. The van der Waals surface area contributed by atoms with Gasteiger partial charge in [-0.3, -0.25) is 9.48 Å². The number of anilines is 1. The van der Waals surface area contributed by atoms with Crippen molar-refractivity contribution in [2.75, 3.05) is 18.0 Å². The Morgan fingerprint density at radius 1 is 1.00 bits per heavy atom. The minimum absolute atomic E-state index is 0.188. The monoisotopic (exact) mass is 456 g/mol. The first-order chi connectivity index (χ1) is 16.7.